The summed E-state index contributed by atoms with van der Waals surface area (Å²) in [6.45, 7) is 3.21. The highest BCUT2D eigenvalue weighted by molar-refractivity contribution is 6.07. The maximum Gasteiger partial charge on any atom is 0.339 e. The van der Waals surface area contributed by atoms with Crippen molar-refractivity contribution in [1.29, 1.82) is 0 Å². The SMILES string of the molecule is COC(=O)c1ccccc1N(CC(=O)N1c2ccccc2CC1C)C(C)=O. The van der Waals surface area contributed by atoms with Crippen LogP contribution in [0.25, 0.3) is 0 Å². The van der Waals surface area contributed by atoms with Crippen molar-refractivity contribution < 1.29 is 19.1 Å². The lowest BCUT2D eigenvalue weighted by molar-refractivity contribution is -0.121. The van der Waals surface area contributed by atoms with E-state index in [4.69, 9.17) is 4.74 Å². The quantitative estimate of drug-likeness (QED) is 0.781. The third kappa shape index (κ3) is 3.56. The Labute approximate surface area is 158 Å². The van der Waals surface area contributed by atoms with E-state index >= 15 is 0 Å². The Morgan fingerprint density at radius 1 is 1.11 bits per heavy atom. The van der Waals surface area contributed by atoms with E-state index < -0.39 is 5.97 Å². The molecule has 3 rings (SSSR count). The second-order valence-corrected chi connectivity index (χ2v) is 6.56. The molecule has 140 valence electrons. The van der Waals surface area contributed by atoms with Crippen LogP contribution in [0.1, 0.15) is 29.8 Å². The van der Waals surface area contributed by atoms with Gasteiger partial charge in [0.15, 0.2) is 0 Å². The van der Waals surface area contributed by atoms with Gasteiger partial charge in [-0.25, -0.2) is 4.79 Å². The summed E-state index contributed by atoms with van der Waals surface area (Å²) in [5, 5.41) is 0. The second kappa shape index (κ2) is 7.61. The molecule has 1 aliphatic rings. The van der Waals surface area contributed by atoms with Crippen LogP contribution >= 0.6 is 0 Å². The zero-order valence-electron chi connectivity index (χ0n) is 15.6. The smallest absolute Gasteiger partial charge is 0.339 e. The van der Waals surface area contributed by atoms with Crippen molar-refractivity contribution in [3.63, 3.8) is 0 Å². The molecule has 0 fully saturated rings. The van der Waals surface area contributed by atoms with E-state index in [-0.39, 0.29) is 30.0 Å². The first-order chi connectivity index (χ1) is 12.9. The summed E-state index contributed by atoms with van der Waals surface area (Å²) in [7, 11) is 1.28. The van der Waals surface area contributed by atoms with Crippen LogP contribution in [0.2, 0.25) is 0 Å². The van der Waals surface area contributed by atoms with Crippen molar-refractivity contribution >= 4 is 29.2 Å². The van der Waals surface area contributed by atoms with E-state index in [1.54, 1.807) is 29.2 Å². The van der Waals surface area contributed by atoms with Gasteiger partial charge < -0.3 is 14.5 Å². The van der Waals surface area contributed by atoms with Gasteiger partial charge in [0.1, 0.15) is 6.54 Å². The molecule has 1 atom stereocenters. The average molecular weight is 366 g/mol. The fraction of sp³-hybridized carbons (Fsp3) is 0.286. The van der Waals surface area contributed by atoms with Crippen LogP contribution in [0, 0.1) is 0 Å². The highest BCUT2D eigenvalue weighted by Gasteiger charge is 2.32. The van der Waals surface area contributed by atoms with Gasteiger partial charge in [0.2, 0.25) is 11.8 Å². The molecule has 6 heteroatoms. The summed E-state index contributed by atoms with van der Waals surface area (Å²) in [6.07, 6.45) is 0.779. The number of methoxy groups -OCH3 is 1. The minimum absolute atomic E-state index is 0.0135. The lowest BCUT2D eigenvalue weighted by Crippen LogP contribution is -2.45. The minimum atomic E-state index is -0.552. The fourth-order valence-electron chi connectivity index (χ4n) is 3.51. The van der Waals surface area contributed by atoms with Crippen LogP contribution in [0.15, 0.2) is 48.5 Å². The normalized spacial score (nSPS) is 15.2. The van der Waals surface area contributed by atoms with Gasteiger partial charge in [-0.3, -0.25) is 9.59 Å². The van der Waals surface area contributed by atoms with E-state index in [0.717, 1.165) is 17.7 Å². The van der Waals surface area contributed by atoms with Crippen LogP contribution < -0.4 is 9.80 Å². The molecule has 27 heavy (non-hydrogen) atoms. The van der Waals surface area contributed by atoms with Crippen molar-refractivity contribution in [2.45, 2.75) is 26.3 Å². The zero-order valence-corrected chi connectivity index (χ0v) is 15.6. The molecule has 0 saturated heterocycles. The Balaban J connectivity index is 1.92. The molecule has 2 aromatic carbocycles. The molecule has 0 radical (unpaired) electrons. The number of hydrogen-bond acceptors (Lipinski definition) is 4. The lowest BCUT2D eigenvalue weighted by Gasteiger charge is -2.28. The van der Waals surface area contributed by atoms with Crippen molar-refractivity contribution in [2.75, 3.05) is 23.5 Å². The first-order valence-corrected chi connectivity index (χ1v) is 8.79. The van der Waals surface area contributed by atoms with Crippen molar-refractivity contribution in [3.05, 3.63) is 59.7 Å². The summed E-state index contributed by atoms with van der Waals surface area (Å²) in [5.74, 6) is -1.06. The summed E-state index contributed by atoms with van der Waals surface area (Å²) in [6, 6.07) is 14.4. The molecule has 0 saturated carbocycles. The number of carbonyl (C=O) groups excluding carboxylic acids is 3. The number of nitrogens with zero attached hydrogens (tertiary/aromatic N) is 2. The standard InChI is InChI=1S/C21H22N2O4/c1-14-12-16-8-4-6-10-18(16)23(14)20(25)13-22(15(2)24)19-11-7-5-9-17(19)21(26)27-3/h4-11,14H,12-13H2,1-3H3. The van der Waals surface area contributed by atoms with Gasteiger partial charge in [0.05, 0.1) is 18.4 Å². The first kappa shape index (κ1) is 18.6. The Kier molecular flexibility index (Phi) is 5.26. The largest absolute Gasteiger partial charge is 0.465 e. The molecule has 0 bridgehead atoms. The number of amides is 2. The third-order valence-corrected chi connectivity index (χ3v) is 4.75. The first-order valence-electron chi connectivity index (χ1n) is 8.79. The van der Waals surface area contributed by atoms with E-state index in [9.17, 15) is 14.4 Å². The van der Waals surface area contributed by atoms with E-state index in [0.29, 0.717) is 5.69 Å². The van der Waals surface area contributed by atoms with Gasteiger partial charge in [0.25, 0.3) is 0 Å². The summed E-state index contributed by atoms with van der Waals surface area (Å²) in [5.41, 5.74) is 2.60. The molecule has 2 aromatic rings. The number of benzene rings is 2. The average Bonchev–Trinajstić information content (AvgIpc) is 3.00. The number of rotatable bonds is 4. The van der Waals surface area contributed by atoms with Gasteiger partial charge in [-0.05, 0) is 37.1 Å². The van der Waals surface area contributed by atoms with Crippen LogP contribution in [-0.4, -0.2) is 37.5 Å². The highest BCUT2D eigenvalue weighted by Crippen LogP contribution is 2.32. The molecule has 1 heterocycles. The van der Waals surface area contributed by atoms with Gasteiger partial charge >= 0.3 is 5.97 Å². The molecule has 0 aliphatic carbocycles. The zero-order chi connectivity index (χ0) is 19.6. The topological polar surface area (TPSA) is 66.9 Å². The maximum atomic E-state index is 13.1. The Hall–Kier alpha value is -3.15. The lowest BCUT2D eigenvalue weighted by atomic mass is 10.1. The predicted octanol–water partition coefficient (Wildman–Crippen LogP) is 2.80. The summed E-state index contributed by atoms with van der Waals surface area (Å²) < 4.78 is 4.80. The number of hydrogen-bond donors (Lipinski definition) is 0. The summed E-state index contributed by atoms with van der Waals surface area (Å²) in [4.78, 5) is 40.5. The Morgan fingerprint density at radius 2 is 1.78 bits per heavy atom. The Bertz CT molecular complexity index is 893. The number of esters is 1. The van der Waals surface area contributed by atoms with Crippen LogP contribution in [0.3, 0.4) is 0 Å². The van der Waals surface area contributed by atoms with Crippen molar-refractivity contribution in [2.24, 2.45) is 0 Å². The summed E-state index contributed by atoms with van der Waals surface area (Å²) >= 11 is 0. The minimum Gasteiger partial charge on any atom is -0.465 e. The van der Waals surface area contributed by atoms with E-state index in [1.807, 2.05) is 31.2 Å². The van der Waals surface area contributed by atoms with E-state index in [2.05, 4.69) is 0 Å². The molecule has 0 aromatic heterocycles. The number of anilines is 2. The van der Waals surface area contributed by atoms with Gasteiger partial charge in [-0.2, -0.15) is 0 Å². The van der Waals surface area contributed by atoms with Crippen LogP contribution in [0.4, 0.5) is 11.4 Å². The number of ether oxygens (including phenoxy) is 1. The van der Waals surface area contributed by atoms with Gasteiger partial charge in [-0.15, -0.1) is 0 Å². The van der Waals surface area contributed by atoms with E-state index in [1.165, 1.54) is 18.9 Å². The highest BCUT2D eigenvalue weighted by atomic mass is 16.5. The molecule has 0 N–H and O–H groups in total. The Morgan fingerprint density at radius 3 is 2.48 bits per heavy atom. The third-order valence-electron chi connectivity index (χ3n) is 4.75. The second-order valence-electron chi connectivity index (χ2n) is 6.56. The molecular formula is C21H22N2O4. The number of fused-ring (bicyclic) bond motifs is 1. The number of para-hydroxylation sites is 2. The van der Waals surface area contributed by atoms with Crippen molar-refractivity contribution in [1.82, 2.24) is 0 Å². The van der Waals surface area contributed by atoms with Crippen molar-refractivity contribution in [3.8, 4) is 0 Å². The molecule has 2 amide bonds. The molecule has 6 nitrogen and oxygen atoms in total. The van der Waals surface area contributed by atoms with Gasteiger partial charge in [-0.1, -0.05) is 30.3 Å². The van der Waals surface area contributed by atoms with Crippen LogP contribution in [-0.2, 0) is 20.7 Å². The predicted molar refractivity (Wildman–Crippen MR) is 103 cm³/mol. The van der Waals surface area contributed by atoms with Gasteiger partial charge in [0, 0.05) is 18.7 Å². The molecular weight excluding hydrogens is 344 g/mol. The maximum absolute atomic E-state index is 13.1. The molecule has 0 spiro atoms. The number of carbonyl (C=O) groups is 3. The molecule has 1 unspecified atom stereocenters. The molecule has 1 aliphatic heterocycles. The monoisotopic (exact) mass is 366 g/mol. The van der Waals surface area contributed by atoms with Crippen LogP contribution in [0.5, 0.6) is 0 Å². The fourth-order valence-corrected chi connectivity index (χ4v) is 3.51.